The van der Waals surface area contributed by atoms with Crippen LogP contribution in [-0.4, -0.2) is 36.4 Å². The molecule has 1 heterocycles. The molecule has 0 fully saturated rings. The smallest absolute Gasteiger partial charge is 0.359 e. The van der Waals surface area contributed by atoms with E-state index in [1.54, 1.807) is 12.3 Å². The quantitative estimate of drug-likeness (QED) is 0.477. The number of nitrogens with zero attached hydrogens (tertiary/aromatic N) is 2. The second kappa shape index (κ2) is 7.64. The molecule has 2 N–H and O–H groups in total. The van der Waals surface area contributed by atoms with E-state index in [2.05, 4.69) is 27.2 Å². The first kappa shape index (κ1) is 16.8. The third-order valence-corrected chi connectivity index (χ3v) is 3.71. The molecule has 23 heavy (non-hydrogen) atoms. The molecule has 120 valence electrons. The lowest BCUT2D eigenvalue weighted by Gasteiger charge is -2.12. The van der Waals surface area contributed by atoms with Gasteiger partial charge in [0.05, 0.1) is 19.0 Å². The summed E-state index contributed by atoms with van der Waals surface area (Å²) in [6.07, 6.45) is 5.17. The Kier molecular flexibility index (Phi) is 5.59. The van der Waals surface area contributed by atoms with Crippen LogP contribution < -0.4 is 10.6 Å². The molecule has 0 saturated carbocycles. The number of ether oxygens (including phenoxy) is 1. The third kappa shape index (κ3) is 3.81. The Morgan fingerprint density at radius 3 is 2.78 bits per heavy atom. The minimum Gasteiger partial charge on any atom is -0.464 e. The summed E-state index contributed by atoms with van der Waals surface area (Å²) in [5.74, 6) is -0.513. The lowest BCUT2D eigenvalue weighted by atomic mass is 10.1. The molecule has 0 saturated heterocycles. The van der Waals surface area contributed by atoms with Crippen molar-refractivity contribution in [3.63, 3.8) is 0 Å². The Bertz CT molecular complexity index is 734. The Hall–Kier alpha value is -2.54. The van der Waals surface area contributed by atoms with Gasteiger partial charge in [-0.3, -0.25) is 0 Å². The zero-order valence-corrected chi connectivity index (χ0v) is 14.0. The SMILES string of the molecule is C=Cc1cc(Nc2cnc(SC)nc2C(=O)OC)ccc1NC. The van der Waals surface area contributed by atoms with E-state index in [1.807, 2.05) is 31.5 Å². The molecule has 1 aromatic carbocycles. The zero-order chi connectivity index (χ0) is 16.8. The molecule has 0 spiro atoms. The number of thioether (sulfide) groups is 1. The van der Waals surface area contributed by atoms with Crippen LogP contribution in [0.5, 0.6) is 0 Å². The topological polar surface area (TPSA) is 76.1 Å². The number of methoxy groups -OCH3 is 1. The molecule has 0 aliphatic rings. The van der Waals surface area contributed by atoms with Gasteiger partial charge in [0.2, 0.25) is 0 Å². The van der Waals surface area contributed by atoms with Crippen molar-refractivity contribution in [2.75, 3.05) is 31.0 Å². The Morgan fingerprint density at radius 1 is 1.39 bits per heavy atom. The molecule has 0 unspecified atom stereocenters. The second-order valence-corrected chi connectivity index (χ2v) is 5.27. The normalized spacial score (nSPS) is 10.0. The molecule has 6 nitrogen and oxygen atoms in total. The predicted octanol–water partition coefficient (Wildman–Crippen LogP) is 3.41. The molecular weight excluding hydrogens is 312 g/mol. The van der Waals surface area contributed by atoms with Crippen LogP contribution in [0.3, 0.4) is 0 Å². The fourth-order valence-corrected chi connectivity index (χ4v) is 2.34. The van der Waals surface area contributed by atoms with Crippen LogP contribution in [0.25, 0.3) is 6.08 Å². The Balaban J connectivity index is 2.39. The average Bonchev–Trinajstić information content (AvgIpc) is 2.61. The van der Waals surface area contributed by atoms with Crippen molar-refractivity contribution in [3.8, 4) is 0 Å². The van der Waals surface area contributed by atoms with Gasteiger partial charge in [-0.15, -0.1) is 0 Å². The minimum atomic E-state index is -0.513. The summed E-state index contributed by atoms with van der Waals surface area (Å²) < 4.78 is 4.79. The average molecular weight is 330 g/mol. The van der Waals surface area contributed by atoms with Gasteiger partial charge in [0, 0.05) is 18.4 Å². The number of carbonyl (C=O) groups excluding carboxylic acids is 1. The monoisotopic (exact) mass is 330 g/mol. The summed E-state index contributed by atoms with van der Waals surface area (Å²) in [5, 5.41) is 6.75. The van der Waals surface area contributed by atoms with E-state index < -0.39 is 5.97 Å². The van der Waals surface area contributed by atoms with Crippen molar-refractivity contribution in [1.82, 2.24) is 9.97 Å². The highest BCUT2D eigenvalue weighted by Crippen LogP contribution is 2.26. The van der Waals surface area contributed by atoms with E-state index in [1.165, 1.54) is 18.9 Å². The van der Waals surface area contributed by atoms with Gasteiger partial charge in [-0.1, -0.05) is 24.4 Å². The number of hydrogen-bond donors (Lipinski definition) is 2. The highest BCUT2D eigenvalue weighted by atomic mass is 32.2. The molecule has 2 aromatic rings. The Labute approximate surface area is 139 Å². The van der Waals surface area contributed by atoms with E-state index in [9.17, 15) is 4.79 Å². The lowest BCUT2D eigenvalue weighted by Crippen LogP contribution is -2.10. The van der Waals surface area contributed by atoms with Crippen molar-refractivity contribution in [1.29, 1.82) is 0 Å². The van der Waals surface area contributed by atoms with Gasteiger partial charge >= 0.3 is 5.97 Å². The van der Waals surface area contributed by atoms with E-state index in [0.717, 1.165) is 16.9 Å². The molecule has 0 bridgehead atoms. The highest BCUT2D eigenvalue weighted by Gasteiger charge is 2.16. The minimum absolute atomic E-state index is 0.199. The van der Waals surface area contributed by atoms with E-state index in [0.29, 0.717) is 10.8 Å². The third-order valence-electron chi connectivity index (χ3n) is 3.15. The van der Waals surface area contributed by atoms with E-state index >= 15 is 0 Å². The summed E-state index contributed by atoms with van der Waals surface area (Å²) in [7, 11) is 3.17. The number of rotatable bonds is 6. The number of anilines is 3. The number of hydrogen-bond acceptors (Lipinski definition) is 7. The van der Waals surface area contributed by atoms with Crippen LogP contribution in [0, 0.1) is 0 Å². The number of nitrogens with one attached hydrogen (secondary N) is 2. The number of benzene rings is 1. The fraction of sp³-hybridized carbons (Fsp3) is 0.188. The van der Waals surface area contributed by atoms with Gasteiger partial charge in [-0.05, 0) is 30.0 Å². The highest BCUT2D eigenvalue weighted by molar-refractivity contribution is 7.98. The summed E-state index contributed by atoms with van der Waals surface area (Å²) in [4.78, 5) is 20.3. The molecule has 0 aliphatic heterocycles. The lowest BCUT2D eigenvalue weighted by molar-refractivity contribution is 0.0594. The largest absolute Gasteiger partial charge is 0.464 e. The maximum Gasteiger partial charge on any atom is 0.359 e. The summed E-state index contributed by atoms with van der Waals surface area (Å²) in [6.45, 7) is 3.80. The standard InChI is InChI=1S/C16H18N4O2S/c1-5-10-8-11(6-7-12(10)17-2)19-13-9-18-16(23-4)20-14(13)15(21)22-3/h5-9,17,19H,1H2,2-4H3. The van der Waals surface area contributed by atoms with Crippen LogP contribution in [0.4, 0.5) is 17.1 Å². The van der Waals surface area contributed by atoms with Crippen LogP contribution in [0.1, 0.15) is 16.1 Å². The van der Waals surface area contributed by atoms with Crippen LogP contribution in [-0.2, 0) is 4.74 Å². The summed E-state index contributed by atoms with van der Waals surface area (Å²) in [6, 6.07) is 5.74. The zero-order valence-electron chi connectivity index (χ0n) is 13.2. The van der Waals surface area contributed by atoms with E-state index in [-0.39, 0.29) is 5.69 Å². The second-order valence-electron chi connectivity index (χ2n) is 4.49. The van der Waals surface area contributed by atoms with E-state index in [4.69, 9.17) is 4.74 Å². The van der Waals surface area contributed by atoms with Crippen LogP contribution in [0.2, 0.25) is 0 Å². The number of carbonyl (C=O) groups is 1. The van der Waals surface area contributed by atoms with Gasteiger partial charge in [0.25, 0.3) is 0 Å². The molecule has 7 heteroatoms. The first-order valence-electron chi connectivity index (χ1n) is 6.83. The van der Waals surface area contributed by atoms with Crippen molar-refractivity contribution in [3.05, 3.63) is 42.2 Å². The summed E-state index contributed by atoms with van der Waals surface area (Å²) in [5.41, 5.74) is 3.39. The maximum atomic E-state index is 11.9. The van der Waals surface area contributed by atoms with Gasteiger partial charge in [-0.2, -0.15) is 0 Å². The van der Waals surface area contributed by atoms with Gasteiger partial charge in [0.15, 0.2) is 10.9 Å². The van der Waals surface area contributed by atoms with Crippen molar-refractivity contribution in [2.45, 2.75) is 5.16 Å². The van der Waals surface area contributed by atoms with Gasteiger partial charge < -0.3 is 15.4 Å². The first-order chi connectivity index (χ1) is 11.1. The number of esters is 1. The predicted molar refractivity (Wildman–Crippen MR) is 94.5 cm³/mol. The molecule has 0 radical (unpaired) electrons. The molecule has 0 atom stereocenters. The van der Waals surface area contributed by atoms with Crippen LogP contribution >= 0.6 is 11.8 Å². The van der Waals surface area contributed by atoms with Crippen molar-refractivity contribution >= 4 is 40.9 Å². The molecular formula is C16H18N4O2S. The maximum absolute atomic E-state index is 11.9. The van der Waals surface area contributed by atoms with Crippen molar-refractivity contribution < 1.29 is 9.53 Å². The van der Waals surface area contributed by atoms with Gasteiger partial charge in [-0.25, -0.2) is 14.8 Å². The molecule has 0 aliphatic carbocycles. The Morgan fingerprint density at radius 2 is 2.17 bits per heavy atom. The molecule has 2 rings (SSSR count). The molecule has 1 aromatic heterocycles. The van der Waals surface area contributed by atoms with Crippen molar-refractivity contribution in [2.24, 2.45) is 0 Å². The van der Waals surface area contributed by atoms with Gasteiger partial charge in [0.1, 0.15) is 0 Å². The molecule has 0 amide bonds. The van der Waals surface area contributed by atoms with Crippen LogP contribution in [0.15, 0.2) is 36.1 Å². The number of aromatic nitrogens is 2. The summed E-state index contributed by atoms with van der Waals surface area (Å²) >= 11 is 1.36. The first-order valence-corrected chi connectivity index (χ1v) is 8.06. The fourth-order valence-electron chi connectivity index (χ4n) is 2.00.